The van der Waals surface area contributed by atoms with E-state index in [1.54, 1.807) is 20.2 Å². The summed E-state index contributed by atoms with van der Waals surface area (Å²) in [7, 11) is 3.21. The fourth-order valence-electron chi connectivity index (χ4n) is 4.04. The molecule has 0 bridgehead atoms. The number of hydrogen-bond donors (Lipinski definition) is 0. The molecular weight excluding hydrogens is 422 g/mol. The number of imidazole rings is 1. The third-order valence-electron chi connectivity index (χ3n) is 5.55. The maximum Gasteiger partial charge on any atom is 0.332 e. The van der Waals surface area contributed by atoms with Gasteiger partial charge in [-0.15, -0.1) is 0 Å². The second-order valence-electron chi connectivity index (χ2n) is 7.72. The first-order valence-corrected chi connectivity index (χ1v) is 10.6. The van der Waals surface area contributed by atoms with Crippen LogP contribution in [0.2, 0.25) is 5.02 Å². The summed E-state index contributed by atoms with van der Waals surface area (Å²) in [6.45, 7) is 6.34. The third-order valence-corrected chi connectivity index (χ3v) is 5.85. The van der Waals surface area contributed by atoms with Crippen LogP contribution in [0.5, 0.6) is 5.75 Å². The number of benzene rings is 1. The Hall–Kier alpha value is -2.78. The summed E-state index contributed by atoms with van der Waals surface area (Å²) in [4.78, 5) is 32.8. The topological polar surface area (TPSA) is 83.5 Å². The van der Waals surface area contributed by atoms with Crippen LogP contribution in [0, 0.1) is 5.92 Å². The molecule has 1 aromatic carbocycles. The Labute approximate surface area is 184 Å². The van der Waals surface area contributed by atoms with Crippen LogP contribution in [0.1, 0.15) is 13.8 Å². The number of methoxy groups -OCH3 is 1. The van der Waals surface area contributed by atoms with Crippen LogP contribution in [0.4, 0.5) is 11.6 Å². The molecule has 166 valence electrons. The minimum atomic E-state index is -0.403. The Morgan fingerprint density at radius 1 is 1.26 bits per heavy atom. The first kappa shape index (κ1) is 21.5. The highest BCUT2D eigenvalue weighted by Gasteiger charge is 2.30. The molecule has 3 heterocycles. The minimum Gasteiger partial charge on any atom is -0.495 e. The molecule has 1 aliphatic rings. The van der Waals surface area contributed by atoms with E-state index < -0.39 is 5.69 Å². The maximum atomic E-state index is 13.3. The third kappa shape index (κ3) is 3.61. The van der Waals surface area contributed by atoms with Crippen molar-refractivity contribution in [3.8, 4) is 5.75 Å². The van der Waals surface area contributed by atoms with Gasteiger partial charge in [0.15, 0.2) is 11.2 Å². The van der Waals surface area contributed by atoms with Crippen molar-refractivity contribution in [2.45, 2.75) is 26.9 Å². The van der Waals surface area contributed by atoms with Crippen molar-refractivity contribution in [2.75, 3.05) is 31.8 Å². The van der Waals surface area contributed by atoms with Crippen molar-refractivity contribution in [1.82, 2.24) is 18.7 Å². The SMILES string of the molecule is CCOCCn1c(=O)c2c(nc3n2CC(C)CN3c2ccc(OC)c(Cl)c2)n(C)c1=O. The second kappa shape index (κ2) is 8.39. The quantitative estimate of drug-likeness (QED) is 0.539. The van der Waals surface area contributed by atoms with E-state index in [9.17, 15) is 9.59 Å². The number of fused-ring (bicyclic) bond motifs is 3. The number of halogens is 1. The van der Waals surface area contributed by atoms with Gasteiger partial charge in [0, 0.05) is 32.4 Å². The molecule has 10 heteroatoms. The van der Waals surface area contributed by atoms with Crippen LogP contribution >= 0.6 is 11.6 Å². The number of rotatable bonds is 6. The van der Waals surface area contributed by atoms with E-state index in [1.165, 1.54) is 9.13 Å². The van der Waals surface area contributed by atoms with Gasteiger partial charge in [-0.25, -0.2) is 4.79 Å². The zero-order valence-electron chi connectivity index (χ0n) is 18.1. The van der Waals surface area contributed by atoms with E-state index in [-0.39, 0.29) is 18.0 Å². The molecule has 0 N–H and O–H groups in total. The molecule has 0 saturated carbocycles. The van der Waals surface area contributed by atoms with Gasteiger partial charge in [0.2, 0.25) is 5.95 Å². The maximum absolute atomic E-state index is 13.3. The van der Waals surface area contributed by atoms with E-state index in [0.29, 0.717) is 54.2 Å². The zero-order valence-corrected chi connectivity index (χ0v) is 18.8. The van der Waals surface area contributed by atoms with E-state index in [4.69, 9.17) is 26.1 Å². The monoisotopic (exact) mass is 447 g/mol. The minimum absolute atomic E-state index is 0.198. The van der Waals surface area contributed by atoms with E-state index in [0.717, 1.165) is 5.69 Å². The van der Waals surface area contributed by atoms with Crippen LogP contribution in [0.15, 0.2) is 27.8 Å². The smallest absolute Gasteiger partial charge is 0.332 e. The summed E-state index contributed by atoms with van der Waals surface area (Å²) >= 11 is 6.35. The molecule has 0 aliphatic carbocycles. The Morgan fingerprint density at radius 3 is 2.71 bits per heavy atom. The van der Waals surface area contributed by atoms with Crippen LogP contribution < -0.4 is 20.9 Å². The van der Waals surface area contributed by atoms with Crippen molar-refractivity contribution in [2.24, 2.45) is 13.0 Å². The van der Waals surface area contributed by atoms with E-state index in [2.05, 4.69) is 6.92 Å². The number of hydrogen-bond acceptors (Lipinski definition) is 6. The lowest BCUT2D eigenvalue weighted by Gasteiger charge is -2.33. The first-order chi connectivity index (χ1) is 14.9. The highest BCUT2D eigenvalue weighted by Crippen LogP contribution is 2.36. The Morgan fingerprint density at radius 2 is 2.03 bits per heavy atom. The van der Waals surface area contributed by atoms with Gasteiger partial charge >= 0.3 is 5.69 Å². The zero-order chi connectivity index (χ0) is 22.3. The molecular formula is C21H26ClN5O4. The van der Waals surface area contributed by atoms with Crippen molar-refractivity contribution < 1.29 is 9.47 Å². The average Bonchev–Trinajstić information content (AvgIpc) is 3.13. The predicted molar refractivity (Wildman–Crippen MR) is 120 cm³/mol. The number of ether oxygens (including phenoxy) is 2. The van der Waals surface area contributed by atoms with Gasteiger partial charge < -0.3 is 18.9 Å². The molecule has 9 nitrogen and oxygen atoms in total. The Balaban J connectivity index is 1.90. The molecule has 4 rings (SSSR count). The Bertz CT molecular complexity index is 1250. The van der Waals surface area contributed by atoms with E-state index in [1.807, 2.05) is 28.5 Å². The highest BCUT2D eigenvalue weighted by molar-refractivity contribution is 6.32. The normalized spacial score (nSPS) is 16.0. The summed E-state index contributed by atoms with van der Waals surface area (Å²) < 4.78 is 15.2. The summed E-state index contributed by atoms with van der Waals surface area (Å²) in [6.07, 6.45) is 0. The fraction of sp³-hybridized carbons (Fsp3) is 0.476. The summed E-state index contributed by atoms with van der Waals surface area (Å²) in [6, 6.07) is 5.54. The number of nitrogens with zero attached hydrogens (tertiary/aromatic N) is 5. The molecule has 2 aromatic heterocycles. The highest BCUT2D eigenvalue weighted by atomic mass is 35.5. The van der Waals surface area contributed by atoms with Crippen molar-refractivity contribution in [1.29, 1.82) is 0 Å². The standard InChI is InChI=1S/C21H26ClN5O4/c1-5-31-9-8-25-19(28)17-18(24(3)21(25)29)23-20-26(11-13(2)12-27(17)20)14-6-7-16(30-4)15(22)10-14/h6-7,10,13H,5,8-9,11-12H2,1-4H3. The summed E-state index contributed by atoms with van der Waals surface area (Å²) in [5, 5.41) is 0.492. The molecule has 31 heavy (non-hydrogen) atoms. The Kier molecular flexibility index (Phi) is 5.81. The van der Waals surface area contributed by atoms with Gasteiger partial charge in [0.25, 0.3) is 5.56 Å². The lowest BCUT2D eigenvalue weighted by atomic mass is 10.1. The molecule has 1 aliphatic heterocycles. The molecule has 0 saturated heterocycles. The van der Waals surface area contributed by atoms with Crippen molar-refractivity contribution >= 4 is 34.4 Å². The van der Waals surface area contributed by atoms with Crippen LogP contribution in [-0.2, 0) is 24.9 Å². The van der Waals surface area contributed by atoms with Gasteiger partial charge in [-0.05, 0) is 31.0 Å². The second-order valence-corrected chi connectivity index (χ2v) is 8.13. The van der Waals surface area contributed by atoms with Crippen LogP contribution in [0.25, 0.3) is 11.2 Å². The average molecular weight is 448 g/mol. The molecule has 3 aromatic rings. The summed E-state index contributed by atoms with van der Waals surface area (Å²) in [5.41, 5.74) is 0.884. The molecule has 0 amide bonds. The van der Waals surface area contributed by atoms with Crippen LogP contribution in [-0.4, -0.2) is 45.6 Å². The van der Waals surface area contributed by atoms with E-state index >= 15 is 0 Å². The lowest BCUT2D eigenvalue weighted by molar-refractivity contribution is 0.137. The van der Waals surface area contributed by atoms with Crippen molar-refractivity contribution in [3.05, 3.63) is 44.1 Å². The molecule has 0 radical (unpaired) electrons. The first-order valence-electron chi connectivity index (χ1n) is 10.3. The van der Waals surface area contributed by atoms with Crippen molar-refractivity contribution in [3.63, 3.8) is 0 Å². The number of aromatic nitrogens is 4. The summed E-state index contributed by atoms with van der Waals surface area (Å²) in [5.74, 6) is 1.45. The molecule has 0 spiro atoms. The van der Waals surface area contributed by atoms with Crippen LogP contribution in [0.3, 0.4) is 0 Å². The lowest BCUT2D eigenvalue weighted by Crippen LogP contribution is -2.41. The van der Waals surface area contributed by atoms with Gasteiger partial charge in [-0.3, -0.25) is 13.9 Å². The number of anilines is 2. The van der Waals surface area contributed by atoms with Gasteiger partial charge in [0.05, 0.1) is 25.3 Å². The fourth-order valence-corrected chi connectivity index (χ4v) is 4.30. The molecule has 1 unspecified atom stereocenters. The largest absolute Gasteiger partial charge is 0.495 e. The molecule has 1 atom stereocenters. The number of aryl methyl sites for hydroxylation is 1. The van der Waals surface area contributed by atoms with Gasteiger partial charge in [-0.2, -0.15) is 4.98 Å². The van der Waals surface area contributed by atoms with Gasteiger partial charge in [-0.1, -0.05) is 18.5 Å². The van der Waals surface area contributed by atoms with Gasteiger partial charge in [0.1, 0.15) is 5.75 Å². The predicted octanol–water partition coefficient (Wildman–Crippen LogP) is 2.38. The molecule has 0 fully saturated rings.